The van der Waals surface area contributed by atoms with E-state index in [1.54, 1.807) is 0 Å². The van der Waals surface area contributed by atoms with E-state index in [2.05, 4.69) is 42.1 Å². The van der Waals surface area contributed by atoms with Crippen LogP contribution in [-0.4, -0.2) is 3.26 Å². The van der Waals surface area contributed by atoms with Gasteiger partial charge in [0.15, 0.2) is 0 Å². The van der Waals surface area contributed by atoms with E-state index in [1.165, 1.54) is 51.4 Å². The summed E-state index contributed by atoms with van der Waals surface area (Å²) in [6.07, 6.45) is 11.1. The second-order valence-electron chi connectivity index (χ2n) is 3.34. The lowest BCUT2D eigenvalue weighted by atomic mass is 10.1. The van der Waals surface area contributed by atoms with Crippen LogP contribution in [0.25, 0.3) is 0 Å². The molecule has 0 aliphatic rings. The van der Waals surface area contributed by atoms with E-state index in [4.69, 9.17) is 0 Å². The highest BCUT2D eigenvalue weighted by molar-refractivity contribution is 14.1. The van der Waals surface area contributed by atoms with Crippen LogP contribution in [0.15, 0.2) is 0 Å². The van der Waals surface area contributed by atoms with E-state index >= 15 is 0 Å². The van der Waals surface area contributed by atoms with Gasteiger partial charge < -0.3 is 0 Å². The number of halogens is 1. The maximum atomic E-state index is 4.34. The van der Waals surface area contributed by atoms with E-state index in [0.717, 1.165) is 0 Å². The van der Waals surface area contributed by atoms with Crippen molar-refractivity contribution in [3.8, 4) is 0 Å². The van der Waals surface area contributed by atoms with Crippen LogP contribution in [0.1, 0.15) is 58.3 Å². The summed E-state index contributed by atoms with van der Waals surface area (Å²) in [5.41, 5.74) is 0. The molecule has 0 fully saturated rings. The van der Waals surface area contributed by atoms with E-state index < -0.39 is 0 Å². The molecule has 0 amide bonds. The van der Waals surface area contributed by atoms with Gasteiger partial charge in [0, 0.05) is 0 Å². The number of hydrogen-bond donors (Lipinski definition) is 1. The molecule has 0 aliphatic heterocycles. The van der Waals surface area contributed by atoms with Crippen LogP contribution in [0.2, 0.25) is 0 Å². The van der Waals surface area contributed by atoms with Gasteiger partial charge in [0.25, 0.3) is 0 Å². The van der Waals surface area contributed by atoms with Gasteiger partial charge in [-0.15, -0.1) is 0 Å². The van der Waals surface area contributed by atoms with Crippen LogP contribution in [0.3, 0.4) is 0 Å². The highest BCUT2D eigenvalue weighted by atomic mass is 127. The van der Waals surface area contributed by atoms with Gasteiger partial charge >= 0.3 is 0 Å². The van der Waals surface area contributed by atoms with Crippen molar-refractivity contribution < 1.29 is 0 Å². The molecule has 0 saturated carbocycles. The first-order chi connectivity index (χ1) is 5.77. The van der Waals surface area contributed by atoms with E-state index in [0.29, 0.717) is 3.26 Å². The molecule has 0 aromatic rings. The number of thiol groups is 1. The van der Waals surface area contributed by atoms with E-state index in [9.17, 15) is 0 Å². The molecule has 1 atom stereocenters. The Morgan fingerprint density at radius 2 is 1.50 bits per heavy atom. The van der Waals surface area contributed by atoms with Gasteiger partial charge in [-0.2, -0.15) is 12.6 Å². The molecule has 2 heteroatoms. The summed E-state index contributed by atoms with van der Waals surface area (Å²) in [6.45, 7) is 2.27. The van der Waals surface area contributed by atoms with Crippen LogP contribution in [0, 0.1) is 0 Å². The Morgan fingerprint density at radius 3 is 2.00 bits per heavy atom. The third-order valence-electron chi connectivity index (χ3n) is 2.05. The van der Waals surface area contributed by atoms with Crippen molar-refractivity contribution in [3.05, 3.63) is 0 Å². The quantitative estimate of drug-likeness (QED) is 0.282. The Balaban J connectivity index is 2.82. The van der Waals surface area contributed by atoms with E-state index in [-0.39, 0.29) is 0 Å². The number of rotatable bonds is 8. The first-order valence-electron chi connectivity index (χ1n) is 5.09. The Hall–Kier alpha value is 1.08. The monoisotopic (exact) mass is 300 g/mol. The average Bonchev–Trinajstić information content (AvgIpc) is 2.02. The Bertz CT molecular complexity index is 83.9. The molecule has 0 bridgehead atoms. The van der Waals surface area contributed by atoms with Gasteiger partial charge in [0.05, 0.1) is 3.26 Å². The standard InChI is InChI=1S/C10H21IS/c1-2-3-4-5-6-7-8-9-10(11)12/h10,12H,2-9H2,1H3. The van der Waals surface area contributed by atoms with Crippen LogP contribution in [-0.2, 0) is 0 Å². The molecule has 0 heterocycles. The fraction of sp³-hybridized carbons (Fsp3) is 1.00. The second-order valence-corrected chi connectivity index (χ2v) is 6.46. The van der Waals surface area contributed by atoms with E-state index in [1.807, 2.05) is 0 Å². The maximum absolute atomic E-state index is 4.34. The van der Waals surface area contributed by atoms with Crippen LogP contribution >= 0.6 is 35.2 Å². The summed E-state index contributed by atoms with van der Waals surface area (Å²) in [6, 6.07) is 0. The third-order valence-corrected chi connectivity index (χ3v) is 2.93. The second kappa shape index (κ2) is 10.2. The molecule has 0 radical (unpaired) electrons. The van der Waals surface area contributed by atoms with Crippen molar-refractivity contribution in [1.82, 2.24) is 0 Å². The molecule has 0 aromatic carbocycles. The smallest absolute Gasteiger partial charge is 0.0534 e. The zero-order valence-corrected chi connectivity index (χ0v) is 11.1. The summed E-state index contributed by atoms with van der Waals surface area (Å²) >= 11 is 6.72. The minimum Gasteiger partial charge on any atom is -0.165 e. The predicted molar refractivity (Wildman–Crippen MR) is 69.4 cm³/mol. The molecular weight excluding hydrogens is 279 g/mol. The van der Waals surface area contributed by atoms with Gasteiger partial charge in [-0.25, -0.2) is 0 Å². The van der Waals surface area contributed by atoms with Gasteiger partial charge in [0.1, 0.15) is 0 Å². The van der Waals surface area contributed by atoms with Gasteiger partial charge in [0.2, 0.25) is 0 Å². The lowest BCUT2D eigenvalue weighted by molar-refractivity contribution is 0.585. The summed E-state index contributed by atoms with van der Waals surface area (Å²) in [4.78, 5) is 0. The average molecular weight is 300 g/mol. The fourth-order valence-corrected chi connectivity index (χ4v) is 1.89. The highest BCUT2D eigenvalue weighted by Gasteiger charge is 1.95. The Kier molecular flexibility index (Phi) is 11.1. The zero-order valence-electron chi connectivity index (χ0n) is 8.06. The summed E-state index contributed by atoms with van der Waals surface area (Å²) in [5.74, 6) is 0. The molecule has 0 aliphatic carbocycles. The summed E-state index contributed by atoms with van der Waals surface area (Å²) in [5, 5.41) is 0. The van der Waals surface area contributed by atoms with Gasteiger partial charge in [-0.3, -0.25) is 0 Å². The number of hydrogen-bond acceptors (Lipinski definition) is 1. The van der Waals surface area contributed by atoms with Crippen molar-refractivity contribution in [2.45, 2.75) is 61.5 Å². The molecule has 0 rings (SSSR count). The Morgan fingerprint density at radius 1 is 1.00 bits per heavy atom. The SMILES string of the molecule is CCCCCCCCCC(S)I. The number of alkyl halides is 1. The van der Waals surface area contributed by atoms with Crippen molar-refractivity contribution in [2.24, 2.45) is 0 Å². The lowest BCUT2D eigenvalue weighted by Gasteiger charge is -2.02. The first kappa shape index (κ1) is 13.1. The minimum atomic E-state index is 0.568. The number of unbranched alkanes of at least 4 members (excludes halogenated alkanes) is 6. The molecule has 0 aromatic heterocycles. The van der Waals surface area contributed by atoms with Crippen LogP contribution < -0.4 is 0 Å². The van der Waals surface area contributed by atoms with Gasteiger partial charge in [-0.05, 0) is 6.42 Å². The van der Waals surface area contributed by atoms with Crippen LogP contribution in [0.4, 0.5) is 0 Å². The molecule has 0 saturated heterocycles. The zero-order chi connectivity index (χ0) is 9.23. The minimum absolute atomic E-state index is 0.568. The molecule has 0 nitrogen and oxygen atoms in total. The normalized spacial score (nSPS) is 13.2. The lowest BCUT2D eigenvalue weighted by Crippen LogP contribution is -1.86. The first-order valence-corrected chi connectivity index (χ1v) is 6.85. The molecule has 12 heavy (non-hydrogen) atoms. The molecule has 1 unspecified atom stereocenters. The maximum Gasteiger partial charge on any atom is 0.0534 e. The third kappa shape index (κ3) is 11.1. The van der Waals surface area contributed by atoms with Gasteiger partial charge in [-0.1, -0.05) is 74.5 Å². The Labute approximate surface area is 96.4 Å². The fourth-order valence-electron chi connectivity index (χ4n) is 1.27. The molecule has 0 spiro atoms. The van der Waals surface area contributed by atoms with Crippen LogP contribution in [0.5, 0.6) is 0 Å². The summed E-state index contributed by atoms with van der Waals surface area (Å²) in [7, 11) is 0. The topological polar surface area (TPSA) is 0 Å². The van der Waals surface area contributed by atoms with Crippen molar-refractivity contribution in [3.63, 3.8) is 0 Å². The largest absolute Gasteiger partial charge is 0.165 e. The summed E-state index contributed by atoms with van der Waals surface area (Å²) < 4.78 is 0.568. The molecular formula is C10H21IS. The van der Waals surface area contributed by atoms with Crippen molar-refractivity contribution >= 4 is 35.2 Å². The molecule has 74 valence electrons. The highest BCUT2D eigenvalue weighted by Crippen LogP contribution is 2.15. The van der Waals surface area contributed by atoms with Crippen molar-refractivity contribution in [1.29, 1.82) is 0 Å². The predicted octanol–water partition coefficient (Wildman–Crippen LogP) is 4.82. The molecule has 0 N–H and O–H groups in total. The van der Waals surface area contributed by atoms with Crippen molar-refractivity contribution in [2.75, 3.05) is 0 Å².